The predicted molar refractivity (Wildman–Crippen MR) is 65.2 cm³/mol. The molecule has 1 fully saturated rings. The first kappa shape index (κ1) is 11.5. The summed E-state index contributed by atoms with van der Waals surface area (Å²) >= 11 is 6.04. The smallest absolute Gasteiger partial charge is 0.287 e. The van der Waals surface area contributed by atoms with Crippen molar-refractivity contribution >= 4 is 17.3 Å². The molecule has 0 aliphatic heterocycles. The number of hydrogen-bond donors (Lipinski definition) is 1. The van der Waals surface area contributed by atoms with Crippen molar-refractivity contribution in [3.8, 4) is 0 Å². The third kappa shape index (κ3) is 2.07. The highest BCUT2D eigenvalue weighted by molar-refractivity contribution is 6.32. The fraction of sp³-hybridized carbons (Fsp3) is 0.636. The lowest BCUT2D eigenvalue weighted by Gasteiger charge is -2.15. The Morgan fingerprint density at radius 2 is 2.19 bits per heavy atom. The largest absolute Gasteiger partial charge is 0.377 e. The molecule has 0 saturated heterocycles. The minimum atomic E-state index is -0.231. The van der Waals surface area contributed by atoms with Crippen LogP contribution in [-0.2, 0) is 0 Å². The molecule has 4 nitrogen and oxygen atoms in total. The lowest BCUT2D eigenvalue weighted by atomic mass is 10.3. The quantitative estimate of drug-likeness (QED) is 0.884. The zero-order valence-electron chi connectivity index (χ0n) is 9.75. The summed E-state index contributed by atoms with van der Waals surface area (Å²) in [6.45, 7) is 5.91. The molecule has 1 heterocycles. The molecule has 1 aliphatic rings. The maximum Gasteiger partial charge on any atom is 0.287 e. The molecule has 1 aliphatic carbocycles. The van der Waals surface area contributed by atoms with Gasteiger partial charge in [0, 0.05) is 5.54 Å². The van der Waals surface area contributed by atoms with E-state index in [2.05, 4.69) is 17.3 Å². The lowest BCUT2D eigenvalue weighted by Crippen LogP contribution is -2.27. The Labute approximate surface area is 99.6 Å². The molecule has 0 bridgehead atoms. The number of rotatable bonds is 3. The molecule has 1 aromatic heterocycles. The van der Waals surface area contributed by atoms with Gasteiger partial charge in [0.15, 0.2) is 0 Å². The SMILES string of the molecule is CC(C)n1ncc(NC2(C)CC2)c(Cl)c1=O. The van der Waals surface area contributed by atoms with Crippen LogP contribution >= 0.6 is 11.6 Å². The molecular weight excluding hydrogens is 226 g/mol. The molecule has 1 N–H and O–H groups in total. The summed E-state index contributed by atoms with van der Waals surface area (Å²) in [7, 11) is 0. The van der Waals surface area contributed by atoms with Crippen LogP contribution in [0.15, 0.2) is 11.0 Å². The molecule has 0 atom stereocenters. The molecule has 0 amide bonds. The molecule has 1 saturated carbocycles. The zero-order chi connectivity index (χ0) is 11.9. The summed E-state index contributed by atoms with van der Waals surface area (Å²) in [5.74, 6) is 0. The van der Waals surface area contributed by atoms with Crippen molar-refractivity contribution in [1.82, 2.24) is 9.78 Å². The van der Waals surface area contributed by atoms with E-state index in [1.165, 1.54) is 4.68 Å². The molecule has 0 aromatic carbocycles. The van der Waals surface area contributed by atoms with Gasteiger partial charge in [-0.1, -0.05) is 11.6 Å². The first-order valence-corrected chi connectivity index (χ1v) is 5.86. The van der Waals surface area contributed by atoms with Crippen LogP contribution in [0, 0.1) is 0 Å². The predicted octanol–water partition coefficient (Wildman–Crippen LogP) is 2.44. The van der Waals surface area contributed by atoms with Gasteiger partial charge in [0.25, 0.3) is 5.56 Å². The van der Waals surface area contributed by atoms with Crippen LogP contribution in [-0.4, -0.2) is 15.3 Å². The highest BCUT2D eigenvalue weighted by atomic mass is 35.5. The fourth-order valence-electron chi connectivity index (χ4n) is 1.54. The Kier molecular flexibility index (Phi) is 2.70. The van der Waals surface area contributed by atoms with Gasteiger partial charge in [0.05, 0.1) is 17.9 Å². The van der Waals surface area contributed by atoms with E-state index in [1.54, 1.807) is 6.20 Å². The Hall–Kier alpha value is -1.03. The molecule has 2 rings (SSSR count). The van der Waals surface area contributed by atoms with Crippen LogP contribution in [0.4, 0.5) is 5.69 Å². The number of hydrogen-bond acceptors (Lipinski definition) is 3. The summed E-state index contributed by atoms with van der Waals surface area (Å²) in [5, 5.41) is 7.60. The van der Waals surface area contributed by atoms with E-state index >= 15 is 0 Å². The topological polar surface area (TPSA) is 46.9 Å². The normalized spacial score (nSPS) is 17.6. The van der Waals surface area contributed by atoms with Crippen molar-refractivity contribution in [2.75, 3.05) is 5.32 Å². The second-order valence-electron chi connectivity index (χ2n) is 4.90. The van der Waals surface area contributed by atoms with Crippen LogP contribution in [0.3, 0.4) is 0 Å². The zero-order valence-corrected chi connectivity index (χ0v) is 10.5. The Morgan fingerprint density at radius 3 is 2.69 bits per heavy atom. The average Bonchev–Trinajstić information content (AvgIpc) is 2.91. The van der Waals surface area contributed by atoms with Gasteiger partial charge in [-0.2, -0.15) is 5.10 Å². The van der Waals surface area contributed by atoms with Crippen molar-refractivity contribution in [3.63, 3.8) is 0 Å². The summed E-state index contributed by atoms with van der Waals surface area (Å²) in [6, 6.07) is 0.0237. The van der Waals surface area contributed by atoms with E-state index < -0.39 is 0 Å². The minimum Gasteiger partial charge on any atom is -0.377 e. The van der Waals surface area contributed by atoms with Gasteiger partial charge in [0.2, 0.25) is 0 Å². The average molecular weight is 242 g/mol. The highest BCUT2D eigenvalue weighted by Crippen LogP contribution is 2.38. The molecule has 16 heavy (non-hydrogen) atoms. The van der Waals surface area contributed by atoms with Crippen molar-refractivity contribution in [2.45, 2.75) is 45.2 Å². The summed E-state index contributed by atoms with van der Waals surface area (Å²) < 4.78 is 1.39. The Morgan fingerprint density at radius 1 is 1.56 bits per heavy atom. The van der Waals surface area contributed by atoms with Crippen LogP contribution in [0.2, 0.25) is 5.02 Å². The number of nitrogens with one attached hydrogen (secondary N) is 1. The fourth-order valence-corrected chi connectivity index (χ4v) is 1.72. The Bertz CT molecular complexity index is 463. The molecule has 5 heteroatoms. The number of halogens is 1. The van der Waals surface area contributed by atoms with Crippen molar-refractivity contribution < 1.29 is 0 Å². The third-order valence-electron chi connectivity index (χ3n) is 2.87. The summed E-state index contributed by atoms with van der Waals surface area (Å²) in [4.78, 5) is 11.9. The summed E-state index contributed by atoms with van der Waals surface area (Å²) in [6.07, 6.45) is 3.85. The van der Waals surface area contributed by atoms with Crippen LogP contribution in [0.1, 0.15) is 39.7 Å². The van der Waals surface area contributed by atoms with Gasteiger partial charge in [-0.25, -0.2) is 4.68 Å². The first-order chi connectivity index (χ1) is 7.43. The van der Waals surface area contributed by atoms with Gasteiger partial charge in [-0.3, -0.25) is 4.79 Å². The molecular formula is C11H16ClN3O. The van der Waals surface area contributed by atoms with E-state index in [-0.39, 0.29) is 22.2 Å². The Balaban J connectivity index is 2.35. The van der Waals surface area contributed by atoms with E-state index in [0.717, 1.165) is 12.8 Å². The van der Waals surface area contributed by atoms with E-state index in [9.17, 15) is 4.79 Å². The van der Waals surface area contributed by atoms with E-state index in [4.69, 9.17) is 11.6 Å². The van der Waals surface area contributed by atoms with Crippen LogP contribution in [0.5, 0.6) is 0 Å². The van der Waals surface area contributed by atoms with Crippen molar-refractivity contribution in [2.24, 2.45) is 0 Å². The second kappa shape index (κ2) is 3.77. The van der Waals surface area contributed by atoms with Crippen molar-refractivity contribution in [1.29, 1.82) is 0 Å². The number of aromatic nitrogens is 2. The molecule has 88 valence electrons. The van der Waals surface area contributed by atoms with E-state index in [1.807, 2.05) is 13.8 Å². The van der Waals surface area contributed by atoms with Gasteiger partial charge in [0.1, 0.15) is 5.02 Å². The molecule has 0 spiro atoms. The maximum atomic E-state index is 11.9. The molecule has 0 radical (unpaired) electrons. The van der Waals surface area contributed by atoms with E-state index in [0.29, 0.717) is 5.69 Å². The standard InChI is InChI=1S/C11H16ClN3O/c1-7(2)15-10(16)9(12)8(6-13-15)14-11(3)4-5-11/h6-7,14H,4-5H2,1-3H3. The van der Waals surface area contributed by atoms with Gasteiger partial charge in [-0.05, 0) is 33.6 Å². The van der Waals surface area contributed by atoms with Gasteiger partial charge in [-0.15, -0.1) is 0 Å². The monoisotopic (exact) mass is 241 g/mol. The molecule has 0 unspecified atom stereocenters. The minimum absolute atomic E-state index is 0.0237. The third-order valence-corrected chi connectivity index (χ3v) is 3.23. The molecule has 1 aromatic rings. The van der Waals surface area contributed by atoms with Gasteiger partial charge < -0.3 is 5.32 Å². The first-order valence-electron chi connectivity index (χ1n) is 5.48. The maximum absolute atomic E-state index is 11.9. The van der Waals surface area contributed by atoms with Crippen molar-refractivity contribution in [3.05, 3.63) is 21.6 Å². The highest BCUT2D eigenvalue weighted by Gasteiger charge is 2.37. The second-order valence-corrected chi connectivity index (χ2v) is 5.28. The number of nitrogens with zero attached hydrogens (tertiary/aromatic N) is 2. The van der Waals surface area contributed by atoms with Gasteiger partial charge >= 0.3 is 0 Å². The van der Waals surface area contributed by atoms with Crippen LogP contribution in [0.25, 0.3) is 0 Å². The van der Waals surface area contributed by atoms with Crippen LogP contribution < -0.4 is 10.9 Å². The lowest BCUT2D eigenvalue weighted by molar-refractivity contribution is 0.503. The summed E-state index contributed by atoms with van der Waals surface area (Å²) in [5.41, 5.74) is 0.511. The number of anilines is 1.